The maximum absolute atomic E-state index is 10.7. The number of unbranched alkanes of at least 4 members (excludes halogenated alkanes) is 26. The molecule has 358 valence electrons. The number of aliphatic hydroxyl groups excluding tert-OH is 7. The van der Waals surface area contributed by atoms with E-state index < -0.39 is 80.7 Å². The van der Waals surface area contributed by atoms with E-state index in [1.54, 1.807) is 0 Å². The van der Waals surface area contributed by atoms with Crippen molar-refractivity contribution in [3.63, 3.8) is 0 Å². The van der Waals surface area contributed by atoms with Crippen LogP contribution in [-0.2, 0) is 28.4 Å². The van der Waals surface area contributed by atoms with Crippen LogP contribution in [0.5, 0.6) is 0 Å². The molecule has 2 saturated heterocycles. The Hall–Kier alpha value is -0.520. The van der Waals surface area contributed by atoms with Gasteiger partial charge in [-0.15, -0.1) is 0 Å². The molecule has 0 spiro atoms. The lowest BCUT2D eigenvalue weighted by molar-refractivity contribution is -0.333. The third kappa shape index (κ3) is 24.5. The molecule has 13 nitrogen and oxygen atoms in total. The number of hydrogen-bond acceptors (Lipinski definition) is 13. The number of ether oxygens (including phenoxy) is 6. The predicted octanol–water partition coefficient (Wildman–Crippen LogP) is 6.99. The smallest absolute Gasteiger partial charge is 0.186 e. The average molecular weight is 865 g/mol. The van der Waals surface area contributed by atoms with E-state index in [4.69, 9.17) is 28.4 Å². The van der Waals surface area contributed by atoms with Gasteiger partial charge in [-0.3, -0.25) is 0 Å². The highest BCUT2D eigenvalue weighted by molar-refractivity contribution is 4.91. The molecule has 1 unspecified atom stereocenters. The molecule has 11 atom stereocenters. The van der Waals surface area contributed by atoms with Gasteiger partial charge in [0.15, 0.2) is 12.6 Å². The summed E-state index contributed by atoms with van der Waals surface area (Å²) >= 11 is 0. The molecule has 2 rings (SSSR count). The van der Waals surface area contributed by atoms with Crippen molar-refractivity contribution in [3.8, 4) is 0 Å². The lowest BCUT2D eigenvalue weighted by Crippen LogP contribution is -2.61. The SMILES string of the molecule is CCCCCCCCCCCCCCCCOCC(CO[C@@H]1O[C@H](CO[C@@H]2O[C@H](CO)[C@@H](O)[C@H](O)[C@H]2O)[C@@H](O)[C@H](O)[C@H]1O)OCCCCCCCCCCCCCCCC. The molecular formula is C47H92O13. The zero-order valence-corrected chi connectivity index (χ0v) is 38.0. The topological polar surface area (TPSA) is 197 Å². The Labute approximate surface area is 364 Å². The monoisotopic (exact) mass is 865 g/mol. The molecule has 2 heterocycles. The molecule has 0 saturated carbocycles. The second-order valence-corrected chi connectivity index (χ2v) is 17.6. The van der Waals surface area contributed by atoms with Crippen LogP contribution in [0.15, 0.2) is 0 Å². The molecule has 0 bridgehead atoms. The minimum atomic E-state index is -1.65. The van der Waals surface area contributed by atoms with Gasteiger partial charge in [-0.05, 0) is 12.8 Å². The molecule has 2 aliphatic heterocycles. The standard InChI is InChI=1S/C47H92O13/c1-3-5-7-9-11-13-15-17-19-21-23-25-27-29-31-55-34-37(56-32-30-28-26-24-22-20-18-16-14-12-10-8-6-4-2)35-57-46-45(54)43(52)41(50)39(60-46)36-58-47-44(53)42(51)40(49)38(33-48)59-47/h37-54H,3-36H2,1-2H3/t37?,38-,39-,40-,41-,42+,43+,44-,45-,46-,47-/m1/s1. The van der Waals surface area contributed by atoms with Gasteiger partial charge in [-0.2, -0.15) is 0 Å². The molecule has 7 N–H and O–H groups in total. The van der Waals surface area contributed by atoms with Crippen LogP contribution < -0.4 is 0 Å². The highest BCUT2D eigenvalue weighted by atomic mass is 16.7. The van der Waals surface area contributed by atoms with Crippen LogP contribution in [0.25, 0.3) is 0 Å². The van der Waals surface area contributed by atoms with E-state index in [-0.39, 0.29) is 6.61 Å². The average Bonchev–Trinajstić information content (AvgIpc) is 3.25. The first-order valence-corrected chi connectivity index (χ1v) is 24.7. The van der Waals surface area contributed by atoms with Crippen LogP contribution in [0.4, 0.5) is 0 Å². The van der Waals surface area contributed by atoms with Gasteiger partial charge in [-0.25, -0.2) is 0 Å². The van der Waals surface area contributed by atoms with Crippen molar-refractivity contribution in [2.75, 3.05) is 39.6 Å². The molecule has 2 fully saturated rings. The first-order valence-electron chi connectivity index (χ1n) is 24.7. The fourth-order valence-electron chi connectivity index (χ4n) is 8.09. The van der Waals surface area contributed by atoms with Crippen molar-refractivity contribution in [1.29, 1.82) is 0 Å². The summed E-state index contributed by atoms with van der Waals surface area (Å²) in [4.78, 5) is 0. The van der Waals surface area contributed by atoms with E-state index in [1.165, 1.54) is 154 Å². The van der Waals surface area contributed by atoms with Gasteiger partial charge >= 0.3 is 0 Å². The van der Waals surface area contributed by atoms with E-state index >= 15 is 0 Å². The Morgan fingerprint density at radius 3 is 1.20 bits per heavy atom. The van der Waals surface area contributed by atoms with Gasteiger partial charge in [-0.1, -0.05) is 181 Å². The van der Waals surface area contributed by atoms with Crippen molar-refractivity contribution < 1.29 is 64.2 Å². The number of aliphatic hydroxyl groups is 7. The second-order valence-electron chi connectivity index (χ2n) is 17.6. The first kappa shape index (κ1) is 55.6. The normalized spacial score (nSPS) is 27.8. The minimum absolute atomic E-state index is 0.0160. The summed E-state index contributed by atoms with van der Waals surface area (Å²) < 4.78 is 35.0. The van der Waals surface area contributed by atoms with Gasteiger partial charge in [0.25, 0.3) is 0 Å². The Bertz CT molecular complexity index is 947. The van der Waals surface area contributed by atoms with Crippen LogP contribution in [0.1, 0.15) is 194 Å². The molecule has 0 aliphatic carbocycles. The third-order valence-electron chi connectivity index (χ3n) is 12.2. The quantitative estimate of drug-likeness (QED) is 0.0312. The summed E-state index contributed by atoms with van der Waals surface area (Å²) in [5, 5.41) is 72.0. The lowest BCUT2D eigenvalue weighted by atomic mass is 9.98. The minimum Gasteiger partial charge on any atom is -0.394 e. The van der Waals surface area contributed by atoms with E-state index in [0.29, 0.717) is 19.8 Å². The molecule has 0 aromatic rings. The van der Waals surface area contributed by atoms with Crippen LogP contribution >= 0.6 is 0 Å². The van der Waals surface area contributed by atoms with E-state index in [1.807, 2.05) is 0 Å². The predicted molar refractivity (Wildman–Crippen MR) is 234 cm³/mol. The van der Waals surface area contributed by atoms with E-state index in [2.05, 4.69) is 13.8 Å². The van der Waals surface area contributed by atoms with Crippen molar-refractivity contribution in [2.24, 2.45) is 0 Å². The molecule has 60 heavy (non-hydrogen) atoms. The van der Waals surface area contributed by atoms with Crippen LogP contribution in [-0.4, -0.2) is 143 Å². The maximum atomic E-state index is 10.7. The first-order chi connectivity index (χ1) is 29.2. The molecule has 0 aromatic heterocycles. The Kier molecular flexibility index (Phi) is 34.1. The van der Waals surface area contributed by atoms with Crippen LogP contribution in [0.3, 0.4) is 0 Å². The highest BCUT2D eigenvalue weighted by Gasteiger charge is 2.47. The van der Waals surface area contributed by atoms with Crippen molar-refractivity contribution in [2.45, 2.75) is 261 Å². The summed E-state index contributed by atoms with van der Waals surface area (Å²) in [6.07, 6.45) is 20.7. The maximum Gasteiger partial charge on any atom is 0.186 e. The fourth-order valence-corrected chi connectivity index (χ4v) is 8.09. The number of hydrogen-bond donors (Lipinski definition) is 7. The van der Waals surface area contributed by atoms with Crippen LogP contribution in [0.2, 0.25) is 0 Å². The summed E-state index contributed by atoms with van der Waals surface area (Å²) in [5.74, 6) is 0. The summed E-state index contributed by atoms with van der Waals surface area (Å²) in [6, 6.07) is 0. The highest BCUT2D eigenvalue weighted by Crippen LogP contribution is 2.26. The molecule has 0 radical (unpaired) electrons. The van der Waals surface area contributed by atoms with Crippen molar-refractivity contribution in [1.82, 2.24) is 0 Å². The largest absolute Gasteiger partial charge is 0.394 e. The van der Waals surface area contributed by atoms with Crippen molar-refractivity contribution >= 4 is 0 Å². The molecule has 0 amide bonds. The number of rotatable bonds is 40. The van der Waals surface area contributed by atoms with E-state index in [0.717, 1.165) is 25.7 Å². The lowest BCUT2D eigenvalue weighted by Gasteiger charge is -2.42. The summed E-state index contributed by atoms with van der Waals surface area (Å²) in [5.41, 5.74) is 0. The third-order valence-corrected chi connectivity index (χ3v) is 12.2. The van der Waals surface area contributed by atoms with Crippen molar-refractivity contribution in [3.05, 3.63) is 0 Å². The van der Waals surface area contributed by atoms with Gasteiger partial charge in [0, 0.05) is 13.2 Å². The van der Waals surface area contributed by atoms with E-state index in [9.17, 15) is 35.7 Å². The second kappa shape index (κ2) is 36.8. The van der Waals surface area contributed by atoms with Gasteiger partial charge in [0.2, 0.25) is 0 Å². The Morgan fingerprint density at radius 1 is 0.400 bits per heavy atom. The molecule has 0 aromatic carbocycles. The van der Waals surface area contributed by atoms with Gasteiger partial charge in [0.05, 0.1) is 26.4 Å². The molecule has 2 aliphatic rings. The zero-order valence-electron chi connectivity index (χ0n) is 38.0. The summed E-state index contributed by atoms with van der Waals surface area (Å²) in [6.45, 7) is 4.95. The summed E-state index contributed by atoms with van der Waals surface area (Å²) in [7, 11) is 0. The van der Waals surface area contributed by atoms with Crippen LogP contribution in [0, 0.1) is 0 Å². The van der Waals surface area contributed by atoms with Gasteiger partial charge in [0.1, 0.15) is 54.9 Å². The fraction of sp³-hybridized carbons (Fsp3) is 1.00. The Morgan fingerprint density at radius 2 is 0.767 bits per heavy atom. The molecule has 13 heteroatoms. The van der Waals surface area contributed by atoms with Gasteiger partial charge < -0.3 is 64.2 Å². The Balaban J connectivity index is 1.74. The zero-order chi connectivity index (χ0) is 43.6. The molecular weight excluding hydrogens is 773 g/mol.